The fourth-order valence-corrected chi connectivity index (χ4v) is 3.69. The van der Waals surface area contributed by atoms with Crippen molar-refractivity contribution in [1.82, 2.24) is 15.5 Å². The summed E-state index contributed by atoms with van der Waals surface area (Å²) in [6, 6.07) is 0.543. The molecule has 0 aromatic rings. The maximum absolute atomic E-state index is 11.7. The average Bonchev–Trinajstić information content (AvgIpc) is 2.79. The van der Waals surface area contributed by atoms with Crippen LogP contribution in [0, 0.1) is 11.3 Å². The van der Waals surface area contributed by atoms with Gasteiger partial charge in [-0.1, -0.05) is 13.8 Å². The van der Waals surface area contributed by atoms with Gasteiger partial charge < -0.3 is 15.4 Å². The summed E-state index contributed by atoms with van der Waals surface area (Å²) in [6.45, 7) is 15.6. The topological polar surface area (TPSA) is 53.6 Å². The van der Waals surface area contributed by atoms with Gasteiger partial charge in [-0.25, -0.2) is 4.79 Å². The molecule has 1 amide bonds. The van der Waals surface area contributed by atoms with E-state index >= 15 is 0 Å². The predicted molar refractivity (Wildman–Crippen MR) is 96.2 cm³/mol. The molecule has 2 saturated heterocycles. The lowest BCUT2D eigenvalue weighted by molar-refractivity contribution is -0.0344. The highest BCUT2D eigenvalue weighted by atomic mass is 35.5. The largest absolute Gasteiger partial charge is 0.444 e. The third-order valence-electron chi connectivity index (χ3n) is 4.76. The van der Waals surface area contributed by atoms with Crippen molar-refractivity contribution >= 4 is 18.5 Å². The molecule has 0 saturated carbocycles. The van der Waals surface area contributed by atoms with E-state index in [-0.39, 0.29) is 18.5 Å². The molecular weight excluding hydrogens is 314 g/mol. The van der Waals surface area contributed by atoms with Gasteiger partial charge in [0.1, 0.15) is 5.60 Å². The van der Waals surface area contributed by atoms with Crippen LogP contribution in [0.25, 0.3) is 0 Å². The molecule has 2 aliphatic rings. The fourth-order valence-electron chi connectivity index (χ4n) is 3.69. The highest BCUT2D eigenvalue weighted by Crippen LogP contribution is 2.38. The van der Waals surface area contributed by atoms with Crippen LogP contribution in [0.3, 0.4) is 0 Å². The molecule has 2 N–H and O–H groups in total. The predicted octanol–water partition coefficient (Wildman–Crippen LogP) is 2.64. The van der Waals surface area contributed by atoms with Crippen molar-refractivity contribution in [3.8, 4) is 0 Å². The molecule has 1 spiro atoms. The number of rotatable bonds is 5. The Morgan fingerprint density at radius 2 is 2.00 bits per heavy atom. The average molecular weight is 348 g/mol. The van der Waals surface area contributed by atoms with Crippen LogP contribution in [0.1, 0.15) is 47.5 Å². The van der Waals surface area contributed by atoms with E-state index in [9.17, 15) is 4.79 Å². The minimum absolute atomic E-state index is 0. The number of carbonyl (C=O) groups excluding carboxylic acids is 1. The number of nitrogens with one attached hydrogen (secondary N) is 2. The van der Waals surface area contributed by atoms with E-state index in [1.807, 2.05) is 20.8 Å². The summed E-state index contributed by atoms with van der Waals surface area (Å²) in [5.74, 6) is 0.604. The summed E-state index contributed by atoms with van der Waals surface area (Å²) < 4.78 is 5.29. The lowest BCUT2D eigenvalue weighted by atomic mass is 9.76. The van der Waals surface area contributed by atoms with Gasteiger partial charge in [-0.15, -0.1) is 12.4 Å². The standard InChI is InChI=1S/C17H33N3O2.ClH/c1-13(2)14(6-8-19-15(21)22-16(3,4)5)20-11-17(12-20)7-9-18-10-17;/h13-14,18H,6-12H2,1-5H3,(H,19,21);1H. The number of amides is 1. The smallest absolute Gasteiger partial charge is 0.407 e. The lowest BCUT2D eigenvalue weighted by Gasteiger charge is -2.52. The second-order valence-electron chi connectivity index (χ2n) is 8.36. The Bertz CT molecular complexity index is 382. The molecule has 2 rings (SSSR count). The number of nitrogens with zero attached hydrogens (tertiary/aromatic N) is 1. The molecule has 0 aromatic heterocycles. The number of hydrogen-bond acceptors (Lipinski definition) is 4. The highest BCUT2D eigenvalue weighted by Gasteiger charge is 2.47. The summed E-state index contributed by atoms with van der Waals surface area (Å²) in [4.78, 5) is 14.3. The van der Waals surface area contributed by atoms with Gasteiger partial charge in [0.05, 0.1) is 0 Å². The highest BCUT2D eigenvalue weighted by molar-refractivity contribution is 5.85. The number of likely N-dealkylation sites (tertiary alicyclic amines) is 1. The molecule has 2 aliphatic heterocycles. The van der Waals surface area contributed by atoms with Crippen LogP contribution in [-0.2, 0) is 4.74 Å². The first kappa shape index (κ1) is 20.5. The first-order valence-electron chi connectivity index (χ1n) is 8.62. The number of halogens is 1. The Balaban J connectivity index is 0.00000264. The van der Waals surface area contributed by atoms with Crippen molar-refractivity contribution in [2.24, 2.45) is 11.3 Å². The lowest BCUT2D eigenvalue weighted by Crippen LogP contribution is -2.62. The SMILES string of the molecule is CC(C)C(CCNC(=O)OC(C)(C)C)N1CC2(CCNC2)C1.Cl. The molecule has 0 radical (unpaired) electrons. The molecule has 0 aromatic carbocycles. The summed E-state index contributed by atoms with van der Waals surface area (Å²) in [5, 5.41) is 6.37. The van der Waals surface area contributed by atoms with E-state index < -0.39 is 5.60 Å². The van der Waals surface area contributed by atoms with Crippen LogP contribution >= 0.6 is 12.4 Å². The monoisotopic (exact) mass is 347 g/mol. The summed E-state index contributed by atoms with van der Waals surface area (Å²) in [5.41, 5.74) is 0.104. The fraction of sp³-hybridized carbons (Fsp3) is 0.941. The number of hydrogen-bond donors (Lipinski definition) is 2. The van der Waals surface area contributed by atoms with Crippen molar-refractivity contribution in [1.29, 1.82) is 0 Å². The van der Waals surface area contributed by atoms with Crippen LogP contribution in [-0.4, -0.2) is 55.4 Å². The Labute approximate surface area is 147 Å². The van der Waals surface area contributed by atoms with Gasteiger partial charge in [-0.3, -0.25) is 4.90 Å². The molecule has 2 fully saturated rings. The molecule has 5 nitrogen and oxygen atoms in total. The third kappa shape index (κ3) is 5.80. The first-order chi connectivity index (χ1) is 10.2. The minimum atomic E-state index is -0.430. The Morgan fingerprint density at radius 1 is 1.35 bits per heavy atom. The minimum Gasteiger partial charge on any atom is -0.444 e. The maximum atomic E-state index is 11.7. The molecule has 0 aliphatic carbocycles. The van der Waals surface area contributed by atoms with Crippen LogP contribution in [0.15, 0.2) is 0 Å². The molecule has 1 atom stereocenters. The first-order valence-corrected chi connectivity index (χ1v) is 8.62. The molecule has 0 bridgehead atoms. The van der Waals surface area contributed by atoms with Crippen molar-refractivity contribution in [2.45, 2.75) is 59.1 Å². The molecule has 6 heteroatoms. The molecule has 1 unspecified atom stereocenters. The van der Waals surface area contributed by atoms with E-state index in [0.717, 1.165) is 6.42 Å². The van der Waals surface area contributed by atoms with Gasteiger partial charge in [-0.2, -0.15) is 0 Å². The third-order valence-corrected chi connectivity index (χ3v) is 4.76. The molecule has 136 valence electrons. The van der Waals surface area contributed by atoms with Crippen LogP contribution in [0.2, 0.25) is 0 Å². The second-order valence-corrected chi connectivity index (χ2v) is 8.36. The van der Waals surface area contributed by atoms with Crippen molar-refractivity contribution < 1.29 is 9.53 Å². The zero-order chi connectivity index (χ0) is 16.4. The van der Waals surface area contributed by atoms with Gasteiger partial charge in [-0.05, 0) is 46.1 Å². The van der Waals surface area contributed by atoms with E-state index in [1.165, 1.54) is 32.6 Å². The van der Waals surface area contributed by atoms with Gasteiger partial charge in [0.15, 0.2) is 0 Å². The molecular formula is C17H34ClN3O2. The van der Waals surface area contributed by atoms with E-state index in [1.54, 1.807) is 0 Å². The number of carbonyl (C=O) groups is 1. The van der Waals surface area contributed by atoms with E-state index in [2.05, 4.69) is 29.4 Å². The van der Waals surface area contributed by atoms with Gasteiger partial charge in [0.25, 0.3) is 0 Å². The normalized spacial score (nSPS) is 21.7. The quantitative estimate of drug-likeness (QED) is 0.802. The molecule has 23 heavy (non-hydrogen) atoms. The van der Waals surface area contributed by atoms with Crippen molar-refractivity contribution in [2.75, 3.05) is 32.7 Å². The van der Waals surface area contributed by atoms with Crippen molar-refractivity contribution in [3.63, 3.8) is 0 Å². The van der Waals surface area contributed by atoms with Gasteiger partial charge in [0, 0.05) is 37.6 Å². The number of ether oxygens (including phenoxy) is 1. The zero-order valence-electron chi connectivity index (χ0n) is 15.3. The Hall–Kier alpha value is -0.520. The van der Waals surface area contributed by atoms with E-state index in [0.29, 0.717) is 23.9 Å². The maximum Gasteiger partial charge on any atom is 0.407 e. The molecule has 2 heterocycles. The summed E-state index contributed by atoms with van der Waals surface area (Å²) >= 11 is 0. The van der Waals surface area contributed by atoms with Crippen molar-refractivity contribution in [3.05, 3.63) is 0 Å². The second kappa shape index (κ2) is 8.04. The van der Waals surface area contributed by atoms with Crippen LogP contribution in [0.5, 0.6) is 0 Å². The zero-order valence-corrected chi connectivity index (χ0v) is 16.1. The van der Waals surface area contributed by atoms with Crippen LogP contribution < -0.4 is 10.6 Å². The number of alkyl carbamates (subject to hydrolysis) is 1. The van der Waals surface area contributed by atoms with Crippen LogP contribution in [0.4, 0.5) is 4.79 Å². The van der Waals surface area contributed by atoms with Gasteiger partial charge >= 0.3 is 6.09 Å². The summed E-state index contributed by atoms with van der Waals surface area (Å²) in [7, 11) is 0. The Kier molecular flexibility index (Phi) is 7.17. The van der Waals surface area contributed by atoms with E-state index in [4.69, 9.17) is 4.74 Å². The summed E-state index contributed by atoms with van der Waals surface area (Å²) in [6.07, 6.45) is 1.99. The van der Waals surface area contributed by atoms with Gasteiger partial charge in [0.2, 0.25) is 0 Å². The Morgan fingerprint density at radius 3 is 2.48 bits per heavy atom.